The summed E-state index contributed by atoms with van der Waals surface area (Å²) in [6.45, 7) is 3.45. The lowest BCUT2D eigenvalue weighted by Gasteiger charge is -2.15. The van der Waals surface area contributed by atoms with E-state index in [1.54, 1.807) is 50.2 Å². The van der Waals surface area contributed by atoms with Crippen molar-refractivity contribution in [1.29, 1.82) is 0 Å². The summed E-state index contributed by atoms with van der Waals surface area (Å²) in [4.78, 5) is 83.8. The van der Waals surface area contributed by atoms with Crippen LogP contribution in [0.5, 0.6) is 0 Å². The second-order valence-electron chi connectivity index (χ2n) is 8.90. The van der Waals surface area contributed by atoms with Crippen molar-refractivity contribution in [2.24, 2.45) is 15.0 Å². The fourth-order valence-corrected chi connectivity index (χ4v) is 4.19. The minimum absolute atomic E-state index is 0.0697. The average Bonchev–Trinajstić information content (AvgIpc) is 2.97. The number of aliphatic imine (C=N–C) groups is 3. The Labute approximate surface area is 231 Å². The quantitative estimate of drug-likeness (QED) is 0.231. The minimum atomic E-state index is -0.911. The molecule has 4 rings (SSSR count). The Kier molecular flexibility index (Phi) is 8.52. The van der Waals surface area contributed by atoms with Crippen LogP contribution in [0.15, 0.2) is 102 Å². The molecule has 12 heteroatoms. The molecule has 204 valence electrons. The Morgan fingerprint density at radius 1 is 0.561 bits per heavy atom. The van der Waals surface area contributed by atoms with Crippen LogP contribution in [0.25, 0.3) is 17.1 Å². The predicted molar refractivity (Wildman–Crippen MR) is 148 cm³/mol. The highest BCUT2D eigenvalue weighted by Crippen LogP contribution is 2.19. The first kappa shape index (κ1) is 28.2. The van der Waals surface area contributed by atoms with E-state index in [4.69, 9.17) is 0 Å². The average molecular weight is 551 g/mol. The van der Waals surface area contributed by atoms with E-state index in [0.717, 1.165) is 13.7 Å². The van der Waals surface area contributed by atoms with Crippen molar-refractivity contribution in [2.45, 2.75) is 32.5 Å². The smallest absolute Gasteiger partial charge is 0.246 e. The van der Waals surface area contributed by atoms with Crippen LogP contribution >= 0.6 is 0 Å². The zero-order valence-corrected chi connectivity index (χ0v) is 21.9. The van der Waals surface area contributed by atoms with Crippen molar-refractivity contribution in [3.8, 4) is 17.1 Å². The van der Waals surface area contributed by atoms with Crippen molar-refractivity contribution in [3.05, 3.63) is 121 Å². The van der Waals surface area contributed by atoms with Crippen LogP contribution in [-0.4, -0.2) is 31.9 Å². The number of hydrogen-bond donors (Lipinski definition) is 0. The van der Waals surface area contributed by atoms with Gasteiger partial charge in [0.15, 0.2) is 0 Å². The first-order valence-corrected chi connectivity index (χ1v) is 12.3. The zero-order valence-electron chi connectivity index (χ0n) is 21.9. The fraction of sp³-hybridized carbons (Fsp3) is 0.172. The van der Waals surface area contributed by atoms with Gasteiger partial charge >= 0.3 is 17.1 Å². The molecule has 0 fully saturated rings. The summed E-state index contributed by atoms with van der Waals surface area (Å²) in [5.74, 6) is 0. The van der Waals surface area contributed by atoms with Gasteiger partial charge in [0.05, 0.1) is 35.7 Å². The van der Waals surface area contributed by atoms with Crippen LogP contribution in [0, 0.1) is 0 Å². The summed E-state index contributed by atoms with van der Waals surface area (Å²) in [6.07, 6.45) is 4.45. The molecule has 1 aromatic heterocycles. The summed E-state index contributed by atoms with van der Waals surface area (Å²) in [5, 5.41) is 0. The topological polar surface area (TPSA) is 154 Å². The maximum absolute atomic E-state index is 13.7. The third-order valence-electron chi connectivity index (χ3n) is 6.43. The highest BCUT2D eigenvalue weighted by atomic mass is 16.2. The van der Waals surface area contributed by atoms with E-state index in [-0.39, 0.29) is 23.6 Å². The maximum Gasteiger partial charge on any atom is 0.345 e. The minimum Gasteiger partial charge on any atom is -0.246 e. The summed E-state index contributed by atoms with van der Waals surface area (Å²) < 4.78 is 2.57. The van der Waals surface area contributed by atoms with Gasteiger partial charge in [-0.25, -0.2) is 47.5 Å². The Bertz CT molecular complexity index is 1800. The molecule has 4 aromatic rings. The molecular formula is C29H22N6O6. The zero-order chi connectivity index (χ0) is 29.5. The van der Waals surface area contributed by atoms with E-state index in [1.807, 2.05) is 0 Å². The molecule has 0 saturated carbocycles. The Hall–Kier alpha value is -5.79. The molecule has 0 spiro atoms. The maximum atomic E-state index is 13.7. The van der Waals surface area contributed by atoms with E-state index >= 15 is 0 Å². The molecule has 1 heterocycles. The van der Waals surface area contributed by atoms with Crippen molar-refractivity contribution in [1.82, 2.24) is 13.7 Å². The number of benzene rings is 3. The molecule has 0 aliphatic heterocycles. The lowest BCUT2D eigenvalue weighted by Crippen LogP contribution is -2.52. The van der Waals surface area contributed by atoms with Gasteiger partial charge in [0.2, 0.25) is 18.2 Å². The molecule has 12 nitrogen and oxygen atoms in total. The summed E-state index contributed by atoms with van der Waals surface area (Å²) in [7, 11) is 0. The second kappa shape index (κ2) is 12.4. The van der Waals surface area contributed by atoms with Gasteiger partial charge in [-0.15, -0.1) is 0 Å². The van der Waals surface area contributed by atoms with Gasteiger partial charge in [0.1, 0.15) is 0 Å². The van der Waals surface area contributed by atoms with Gasteiger partial charge in [-0.2, -0.15) is 9.98 Å². The molecule has 2 atom stereocenters. The number of nitrogens with zero attached hydrogens (tertiary/aromatic N) is 6. The van der Waals surface area contributed by atoms with Gasteiger partial charge in [-0.1, -0.05) is 36.4 Å². The standard InChI is InChI=1S/C29H22N6O6/c1-19(31-17-37)22-5-11-25(12-6-22)34-27(39)33(24-9-3-21(4-10-24)15-30-16-36)28(40)35(29(34)41)26-13-7-23(8-14-26)20(2)32-18-38/h3-14,19-20H,15H2,1-2H3. The van der Waals surface area contributed by atoms with Gasteiger partial charge < -0.3 is 0 Å². The highest BCUT2D eigenvalue weighted by Gasteiger charge is 2.20. The highest BCUT2D eigenvalue weighted by molar-refractivity contribution is 5.42. The first-order chi connectivity index (χ1) is 19.8. The van der Waals surface area contributed by atoms with Crippen molar-refractivity contribution in [2.75, 3.05) is 0 Å². The SMILES string of the molecule is CC(N=C=O)c1ccc(-n2c(=O)n(-c3ccc(CN=C=O)cc3)c(=O)n(-c3ccc(C(C)N=C=O)cc3)c2=O)cc1. The predicted octanol–water partition coefficient (Wildman–Crippen LogP) is 2.77. The fourth-order valence-electron chi connectivity index (χ4n) is 4.19. The molecule has 0 radical (unpaired) electrons. The van der Waals surface area contributed by atoms with Crippen molar-refractivity contribution < 1.29 is 14.4 Å². The molecule has 0 aliphatic rings. The van der Waals surface area contributed by atoms with Crippen LogP contribution in [0.1, 0.15) is 42.6 Å². The van der Waals surface area contributed by atoms with E-state index in [1.165, 1.54) is 54.6 Å². The molecule has 41 heavy (non-hydrogen) atoms. The number of aromatic nitrogens is 3. The lowest BCUT2D eigenvalue weighted by molar-refractivity contribution is 0.559. The molecule has 0 aliphatic carbocycles. The van der Waals surface area contributed by atoms with Gasteiger partial charge in [-0.3, -0.25) is 0 Å². The number of hydrogen-bond acceptors (Lipinski definition) is 9. The number of rotatable bonds is 9. The van der Waals surface area contributed by atoms with E-state index in [9.17, 15) is 28.8 Å². The largest absolute Gasteiger partial charge is 0.345 e. The number of carbonyl (C=O) groups excluding carboxylic acids is 3. The lowest BCUT2D eigenvalue weighted by atomic mass is 10.1. The number of isocyanates is 3. The Morgan fingerprint density at radius 3 is 1.22 bits per heavy atom. The second-order valence-corrected chi connectivity index (χ2v) is 8.90. The molecule has 0 saturated heterocycles. The monoisotopic (exact) mass is 550 g/mol. The van der Waals surface area contributed by atoms with E-state index in [2.05, 4.69) is 15.0 Å². The molecule has 0 bridgehead atoms. The van der Waals surface area contributed by atoms with Gasteiger partial charge in [0, 0.05) is 0 Å². The first-order valence-electron chi connectivity index (χ1n) is 12.3. The van der Waals surface area contributed by atoms with Crippen LogP contribution in [0.3, 0.4) is 0 Å². The molecule has 2 unspecified atom stereocenters. The molecule has 0 N–H and O–H groups in total. The van der Waals surface area contributed by atoms with E-state index in [0.29, 0.717) is 16.7 Å². The normalized spacial score (nSPS) is 11.9. The van der Waals surface area contributed by atoms with Crippen molar-refractivity contribution >= 4 is 18.2 Å². The molecular weight excluding hydrogens is 528 g/mol. The third kappa shape index (κ3) is 5.80. The third-order valence-corrected chi connectivity index (χ3v) is 6.43. The summed E-state index contributed by atoms with van der Waals surface area (Å²) in [6, 6.07) is 17.7. The van der Waals surface area contributed by atoms with Crippen LogP contribution < -0.4 is 17.1 Å². The molecule has 0 amide bonds. The van der Waals surface area contributed by atoms with Gasteiger partial charge in [0.25, 0.3) is 0 Å². The summed E-state index contributed by atoms with van der Waals surface area (Å²) >= 11 is 0. The van der Waals surface area contributed by atoms with Crippen molar-refractivity contribution in [3.63, 3.8) is 0 Å². The Balaban J connectivity index is 1.97. The summed E-state index contributed by atoms with van der Waals surface area (Å²) in [5.41, 5.74) is -0.259. The van der Waals surface area contributed by atoms with Crippen LogP contribution in [0.4, 0.5) is 0 Å². The van der Waals surface area contributed by atoms with Gasteiger partial charge in [-0.05, 0) is 66.9 Å². The van der Waals surface area contributed by atoms with Crippen LogP contribution in [-0.2, 0) is 20.9 Å². The molecule has 3 aromatic carbocycles. The van der Waals surface area contributed by atoms with Crippen LogP contribution in [0.2, 0.25) is 0 Å². The van der Waals surface area contributed by atoms with E-state index < -0.39 is 29.2 Å². The Morgan fingerprint density at radius 2 is 0.902 bits per heavy atom.